The Labute approximate surface area is 107 Å². The topological polar surface area (TPSA) is 80.9 Å². The van der Waals surface area contributed by atoms with E-state index in [1.807, 2.05) is 0 Å². The minimum absolute atomic E-state index is 0.0493. The minimum Gasteiger partial charge on any atom is -0.383 e. The van der Waals surface area contributed by atoms with Gasteiger partial charge in [0.2, 0.25) is 0 Å². The summed E-state index contributed by atoms with van der Waals surface area (Å²) in [4.78, 5) is 19.2. The van der Waals surface area contributed by atoms with Crippen molar-refractivity contribution in [2.24, 2.45) is 0 Å². The maximum Gasteiger partial charge on any atom is 0.260 e. The number of carbonyl (C=O) groups excluding carboxylic acids is 1. The second-order valence-corrected chi connectivity index (χ2v) is 3.84. The highest BCUT2D eigenvalue weighted by atomic mass is 35.5. The lowest BCUT2D eigenvalue weighted by Crippen LogP contribution is -2.16. The van der Waals surface area contributed by atoms with E-state index < -0.39 is 11.7 Å². The number of aromatic nitrogens is 2. The van der Waals surface area contributed by atoms with Crippen LogP contribution >= 0.6 is 11.6 Å². The summed E-state index contributed by atoms with van der Waals surface area (Å²) >= 11 is 5.66. The molecule has 18 heavy (non-hydrogen) atoms. The molecule has 2 aromatic rings. The van der Waals surface area contributed by atoms with E-state index in [1.165, 1.54) is 12.3 Å². The molecule has 0 saturated carbocycles. The highest BCUT2D eigenvalue weighted by Crippen LogP contribution is 2.14. The Morgan fingerprint density at radius 3 is 2.78 bits per heavy atom. The van der Waals surface area contributed by atoms with Crippen LogP contribution in [0.5, 0.6) is 0 Å². The Morgan fingerprint density at radius 1 is 1.33 bits per heavy atom. The number of hydrogen-bond donors (Lipinski definition) is 2. The van der Waals surface area contributed by atoms with Gasteiger partial charge < -0.3 is 11.1 Å². The predicted octanol–water partition coefficient (Wildman–Crippen LogP) is 2.10. The quantitative estimate of drug-likeness (QED) is 0.872. The van der Waals surface area contributed by atoms with Crippen LogP contribution in [0.2, 0.25) is 5.02 Å². The van der Waals surface area contributed by atoms with Crippen molar-refractivity contribution in [3.63, 3.8) is 0 Å². The van der Waals surface area contributed by atoms with Gasteiger partial charge in [-0.05, 0) is 18.2 Å². The standard InChI is InChI=1S/C11H8ClFN4O/c12-6-1-2-9(15-4-6)17-11(18)8-3-7(13)5-16-10(8)14/h1-5H,(H2,14,16)(H,15,17,18). The number of nitrogen functional groups attached to an aromatic ring is 1. The number of amides is 1. The summed E-state index contributed by atoms with van der Waals surface area (Å²) in [6.45, 7) is 0. The third-order valence-electron chi connectivity index (χ3n) is 2.10. The number of nitrogens with zero attached hydrogens (tertiary/aromatic N) is 2. The lowest BCUT2D eigenvalue weighted by Gasteiger charge is -2.06. The molecule has 2 heterocycles. The summed E-state index contributed by atoms with van der Waals surface area (Å²) in [5, 5.41) is 2.90. The summed E-state index contributed by atoms with van der Waals surface area (Å²) in [6.07, 6.45) is 2.32. The Morgan fingerprint density at radius 2 is 2.11 bits per heavy atom. The molecular weight excluding hydrogens is 259 g/mol. The monoisotopic (exact) mass is 266 g/mol. The normalized spacial score (nSPS) is 10.1. The molecule has 1 amide bonds. The summed E-state index contributed by atoms with van der Waals surface area (Å²) in [5.41, 5.74) is 5.44. The maximum absolute atomic E-state index is 13.0. The molecule has 0 aliphatic carbocycles. The van der Waals surface area contributed by atoms with E-state index in [9.17, 15) is 9.18 Å². The van der Waals surface area contributed by atoms with Gasteiger partial charge in [-0.15, -0.1) is 0 Å². The molecule has 0 aliphatic rings. The number of anilines is 2. The van der Waals surface area contributed by atoms with Crippen LogP contribution in [0, 0.1) is 5.82 Å². The first-order chi connectivity index (χ1) is 8.56. The number of carbonyl (C=O) groups is 1. The fraction of sp³-hybridized carbons (Fsp3) is 0. The highest BCUT2D eigenvalue weighted by molar-refractivity contribution is 6.30. The summed E-state index contributed by atoms with van der Waals surface area (Å²) in [6, 6.07) is 4.09. The lowest BCUT2D eigenvalue weighted by molar-refractivity contribution is 0.102. The highest BCUT2D eigenvalue weighted by Gasteiger charge is 2.12. The van der Waals surface area contributed by atoms with Crippen molar-refractivity contribution in [1.29, 1.82) is 0 Å². The number of nitrogens with two attached hydrogens (primary N) is 1. The third kappa shape index (κ3) is 2.72. The van der Waals surface area contributed by atoms with Crippen LogP contribution in [-0.4, -0.2) is 15.9 Å². The molecule has 7 heteroatoms. The minimum atomic E-state index is -0.640. The molecule has 0 unspecified atom stereocenters. The van der Waals surface area contributed by atoms with E-state index in [-0.39, 0.29) is 17.2 Å². The van der Waals surface area contributed by atoms with Gasteiger partial charge in [0.1, 0.15) is 17.5 Å². The maximum atomic E-state index is 13.0. The zero-order valence-electron chi connectivity index (χ0n) is 9.02. The number of rotatable bonds is 2. The smallest absolute Gasteiger partial charge is 0.260 e. The van der Waals surface area contributed by atoms with Crippen molar-refractivity contribution in [3.8, 4) is 0 Å². The molecule has 0 spiro atoms. The first-order valence-corrected chi connectivity index (χ1v) is 5.28. The van der Waals surface area contributed by atoms with Crippen molar-refractivity contribution in [3.05, 3.63) is 47.0 Å². The van der Waals surface area contributed by atoms with Crippen LogP contribution in [0.25, 0.3) is 0 Å². The SMILES string of the molecule is Nc1ncc(F)cc1C(=O)Nc1ccc(Cl)cn1. The summed E-state index contributed by atoms with van der Waals surface area (Å²) in [7, 11) is 0. The van der Waals surface area contributed by atoms with Gasteiger partial charge in [0.15, 0.2) is 0 Å². The van der Waals surface area contributed by atoms with Gasteiger partial charge in [-0.3, -0.25) is 4.79 Å². The molecule has 2 aromatic heterocycles. The van der Waals surface area contributed by atoms with Crippen molar-refractivity contribution in [2.75, 3.05) is 11.1 Å². The predicted molar refractivity (Wildman–Crippen MR) is 65.8 cm³/mol. The van der Waals surface area contributed by atoms with E-state index in [4.69, 9.17) is 17.3 Å². The Kier molecular flexibility index (Phi) is 3.38. The Balaban J connectivity index is 2.21. The third-order valence-corrected chi connectivity index (χ3v) is 2.32. The van der Waals surface area contributed by atoms with Gasteiger partial charge >= 0.3 is 0 Å². The van der Waals surface area contributed by atoms with Crippen LogP contribution < -0.4 is 11.1 Å². The molecule has 92 valence electrons. The van der Waals surface area contributed by atoms with Gasteiger partial charge in [-0.1, -0.05) is 11.6 Å². The first kappa shape index (κ1) is 12.3. The van der Waals surface area contributed by atoms with Gasteiger partial charge in [-0.2, -0.15) is 0 Å². The van der Waals surface area contributed by atoms with Crippen molar-refractivity contribution in [1.82, 2.24) is 9.97 Å². The van der Waals surface area contributed by atoms with E-state index in [1.54, 1.807) is 6.07 Å². The summed E-state index contributed by atoms with van der Waals surface area (Å²) in [5.74, 6) is -0.997. The molecule has 0 radical (unpaired) electrons. The molecule has 5 nitrogen and oxygen atoms in total. The average Bonchev–Trinajstić information content (AvgIpc) is 2.35. The fourth-order valence-electron chi connectivity index (χ4n) is 1.27. The average molecular weight is 267 g/mol. The Bertz CT molecular complexity index is 588. The van der Waals surface area contributed by atoms with Crippen LogP contribution in [0.15, 0.2) is 30.6 Å². The first-order valence-electron chi connectivity index (χ1n) is 4.90. The molecule has 0 bridgehead atoms. The van der Waals surface area contributed by atoms with Gasteiger partial charge in [-0.25, -0.2) is 14.4 Å². The second-order valence-electron chi connectivity index (χ2n) is 3.40. The molecule has 2 rings (SSSR count). The molecule has 0 aromatic carbocycles. The second kappa shape index (κ2) is 4.97. The fourth-order valence-corrected chi connectivity index (χ4v) is 1.38. The van der Waals surface area contributed by atoms with Crippen LogP contribution in [-0.2, 0) is 0 Å². The van der Waals surface area contributed by atoms with Crippen LogP contribution in [0.1, 0.15) is 10.4 Å². The van der Waals surface area contributed by atoms with Gasteiger partial charge in [0.05, 0.1) is 16.8 Å². The van der Waals surface area contributed by atoms with Crippen LogP contribution in [0.4, 0.5) is 16.0 Å². The largest absolute Gasteiger partial charge is 0.383 e. The molecule has 3 N–H and O–H groups in total. The van der Waals surface area contributed by atoms with Crippen molar-refractivity contribution in [2.45, 2.75) is 0 Å². The number of hydrogen-bond acceptors (Lipinski definition) is 4. The zero-order chi connectivity index (χ0) is 13.1. The molecule has 0 fully saturated rings. The molecule has 0 atom stereocenters. The van der Waals surface area contributed by atoms with E-state index in [0.29, 0.717) is 5.02 Å². The lowest BCUT2D eigenvalue weighted by atomic mass is 10.2. The zero-order valence-corrected chi connectivity index (χ0v) is 9.78. The van der Waals surface area contributed by atoms with Gasteiger partial charge in [0, 0.05) is 6.20 Å². The van der Waals surface area contributed by atoms with E-state index >= 15 is 0 Å². The molecule has 0 saturated heterocycles. The number of halogens is 2. The molecule has 0 aliphatic heterocycles. The van der Waals surface area contributed by atoms with Crippen LogP contribution in [0.3, 0.4) is 0 Å². The van der Waals surface area contributed by atoms with Crippen molar-refractivity contribution >= 4 is 29.1 Å². The number of nitrogens with one attached hydrogen (secondary N) is 1. The van der Waals surface area contributed by atoms with E-state index in [2.05, 4.69) is 15.3 Å². The number of pyridine rings is 2. The van der Waals surface area contributed by atoms with Gasteiger partial charge in [0.25, 0.3) is 5.91 Å². The van der Waals surface area contributed by atoms with Crippen molar-refractivity contribution < 1.29 is 9.18 Å². The summed E-state index contributed by atoms with van der Waals surface area (Å²) < 4.78 is 13.0. The Hall–Kier alpha value is -2.21. The van der Waals surface area contributed by atoms with E-state index in [0.717, 1.165) is 12.3 Å². The molecular formula is C11H8ClFN4O.